The molecule has 1 aliphatic heterocycles. The van der Waals surface area contributed by atoms with Crippen molar-refractivity contribution in [1.29, 1.82) is 0 Å². The van der Waals surface area contributed by atoms with E-state index < -0.39 is 5.97 Å². The van der Waals surface area contributed by atoms with Gasteiger partial charge in [0.25, 0.3) is 0 Å². The van der Waals surface area contributed by atoms with Crippen molar-refractivity contribution in [3.8, 4) is 11.5 Å². The molecule has 0 atom stereocenters. The van der Waals surface area contributed by atoms with Crippen LogP contribution in [-0.4, -0.2) is 37.4 Å². The van der Waals surface area contributed by atoms with Crippen LogP contribution in [0, 0.1) is 0 Å². The van der Waals surface area contributed by atoms with Gasteiger partial charge in [-0.25, -0.2) is 0 Å². The largest absolute Gasteiger partial charge is 0.494 e. The SMILES string of the molecule is CCCOc1ccc(C(=O)CCC(=O)OCC(=O)c2ccc3c(c2)CCO3)cc1. The van der Waals surface area contributed by atoms with Gasteiger partial charge in [0, 0.05) is 24.0 Å². The Morgan fingerprint density at radius 1 is 0.966 bits per heavy atom. The van der Waals surface area contributed by atoms with Gasteiger partial charge in [-0.05, 0) is 54.4 Å². The number of Topliss-reactive ketones (excluding diaryl/α,β-unsaturated/α-hetero) is 2. The van der Waals surface area contributed by atoms with E-state index in [1.54, 1.807) is 42.5 Å². The maximum absolute atomic E-state index is 12.2. The predicted octanol–water partition coefficient (Wildman–Crippen LogP) is 3.80. The first kappa shape index (κ1) is 20.6. The average Bonchev–Trinajstić information content (AvgIpc) is 3.22. The fraction of sp³-hybridized carbons (Fsp3) is 0.348. The first-order valence-corrected chi connectivity index (χ1v) is 9.77. The van der Waals surface area contributed by atoms with E-state index in [2.05, 4.69) is 0 Å². The molecule has 29 heavy (non-hydrogen) atoms. The second kappa shape index (κ2) is 9.87. The summed E-state index contributed by atoms with van der Waals surface area (Å²) in [6.45, 7) is 2.92. The standard InChI is InChI=1S/C23H24O6/c1-2-12-27-19-6-3-16(4-7-19)20(24)8-10-23(26)29-15-21(25)17-5-9-22-18(14-17)11-13-28-22/h3-7,9,14H,2,8,10-13,15H2,1H3. The minimum Gasteiger partial charge on any atom is -0.494 e. The minimum absolute atomic E-state index is 0.0262. The number of esters is 1. The van der Waals surface area contributed by atoms with Gasteiger partial charge in [0.1, 0.15) is 11.5 Å². The summed E-state index contributed by atoms with van der Waals surface area (Å²) in [4.78, 5) is 36.3. The van der Waals surface area contributed by atoms with Crippen LogP contribution in [0.3, 0.4) is 0 Å². The Morgan fingerprint density at radius 2 is 1.72 bits per heavy atom. The molecule has 0 fully saturated rings. The number of hydrogen-bond acceptors (Lipinski definition) is 6. The predicted molar refractivity (Wildman–Crippen MR) is 107 cm³/mol. The molecule has 2 aromatic carbocycles. The van der Waals surface area contributed by atoms with Crippen molar-refractivity contribution in [3.05, 3.63) is 59.2 Å². The van der Waals surface area contributed by atoms with Crippen molar-refractivity contribution < 1.29 is 28.6 Å². The van der Waals surface area contributed by atoms with Crippen molar-refractivity contribution >= 4 is 17.5 Å². The highest BCUT2D eigenvalue weighted by molar-refractivity contribution is 5.99. The lowest BCUT2D eigenvalue weighted by molar-refractivity contribution is -0.142. The second-order valence-electron chi connectivity index (χ2n) is 6.80. The van der Waals surface area contributed by atoms with E-state index in [0.29, 0.717) is 30.1 Å². The molecule has 0 N–H and O–H groups in total. The fourth-order valence-corrected chi connectivity index (χ4v) is 2.98. The van der Waals surface area contributed by atoms with Crippen LogP contribution in [0.25, 0.3) is 0 Å². The van der Waals surface area contributed by atoms with Crippen molar-refractivity contribution in [1.82, 2.24) is 0 Å². The van der Waals surface area contributed by atoms with E-state index in [0.717, 1.165) is 24.2 Å². The van der Waals surface area contributed by atoms with Gasteiger partial charge in [0.15, 0.2) is 18.2 Å². The Morgan fingerprint density at radius 3 is 2.48 bits per heavy atom. The molecular weight excluding hydrogens is 372 g/mol. The lowest BCUT2D eigenvalue weighted by Gasteiger charge is -2.07. The van der Waals surface area contributed by atoms with Crippen LogP contribution in [0.5, 0.6) is 11.5 Å². The van der Waals surface area contributed by atoms with E-state index in [4.69, 9.17) is 14.2 Å². The molecule has 6 heteroatoms. The number of rotatable bonds is 10. The molecule has 0 aliphatic carbocycles. The summed E-state index contributed by atoms with van der Waals surface area (Å²) in [5, 5.41) is 0. The molecule has 0 aromatic heterocycles. The molecule has 6 nitrogen and oxygen atoms in total. The number of carbonyl (C=O) groups excluding carboxylic acids is 3. The molecule has 3 rings (SSSR count). The summed E-state index contributed by atoms with van der Waals surface area (Å²) in [7, 11) is 0. The third kappa shape index (κ3) is 5.67. The topological polar surface area (TPSA) is 78.9 Å². The molecule has 0 radical (unpaired) electrons. The maximum atomic E-state index is 12.2. The van der Waals surface area contributed by atoms with Crippen LogP contribution in [0.1, 0.15) is 52.5 Å². The molecule has 0 saturated heterocycles. The Hall–Kier alpha value is -3.15. The van der Waals surface area contributed by atoms with Crippen LogP contribution in [0.4, 0.5) is 0 Å². The highest BCUT2D eigenvalue weighted by Gasteiger charge is 2.17. The Bertz CT molecular complexity index is 885. The number of carbonyl (C=O) groups is 3. The third-order valence-electron chi connectivity index (χ3n) is 4.58. The Labute approximate surface area is 169 Å². The van der Waals surface area contributed by atoms with Gasteiger partial charge in [0.05, 0.1) is 19.6 Å². The monoisotopic (exact) mass is 396 g/mol. The number of ketones is 2. The smallest absolute Gasteiger partial charge is 0.306 e. The lowest BCUT2D eigenvalue weighted by atomic mass is 10.1. The zero-order valence-corrected chi connectivity index (χ0v) is 16.4. The van der Waals surface area contributed by atoms with E-state index in [1.165, 1.54) is 0 Å². The molecule has 2 aromatic rings. The molecular formula is C23H24O6. The summed E-state index contributed by atoms with van der Waals surface area (Å²) in [5.74, 6) is 0.497. The zero-order valence-electron chi connectivity index (χ0n) is 16.4. The average molecular weight is 396 g/mol. The van der Waals surface area contributed by atoms with Crippen molar-refractivity contribution in [3.63, 3.8) is 0 Å². The molecule has 0 spiro atoms. The molecule has 152 valence electrons. The first-order valence-electron chi connectivity index (χ1n) is 9.77. The van der Waals surface area contributed by atoms with Gasteiger partial charge in [-0.15, -0.1) is 0 Å². The van der Waals surface area contributed by atoms with Gasteiger partial charge >= 0.3 is 5.97 Å². The minimum atomic E-state index is -0.570. The lowest BCUT2D eigenvalue weighted by Crippen LogP contribution is -2.15. The summed E-state index contributed by atoms with van der Waals surface area (Å²) in [5.41, 5.74) is 1.99. The Balaban J connectivity index is 1.42. The zero-order chi connectivity index (χ0) is 20.6. The van der Waals surface area contributed by atoms with Crippen LogP contribution in [0.15, 0.2) is 42.5 Å². The number of benzene rings is 2. The van der Waals surface area contributed by atoms with Crippen molar-refractivity contribution in [2.45, 2.75) is 32.6 Å². The van der Waals surface area contributed by atoms with Crippen LogP contribution >= 0.6 is 0 Å². The highest BCUT2D eigenvalue weighted by Crippen LogP contribution is 2.26. The van der Waals surface area contributed by atoms with E-state index in [-0.39, 0.29) is 31.0 Å². The molecule has 0 bridgehead atoms. The number of fused-ring (bicyclic) bond motifs is 1. The second-order valence-corrected chi connectivity index (χ2v) is 6.80. The van der Waals surface area contributed by atoms with E-state index in [9.17, 15) is 14.4 Å². The fourth-order valence-electron chi connectivity index (χ4n) is 2.98. The molecule has 0 amide bonds. The Kier molecular flexibility index (Phi) is 7.00. The normalized spacial score (nSPS) is 12.0. The van der Waals surface area contributed by atoms with Crippen LogP contribution < -0.4 is 9.47 Å². The van der Waals surface area contributed by atoms with Gasteiger partial charge in [-0.2, -0.15) is 0 Å². The summed E-state index contributed by atoms with van der Waals surface area (Å²) in [6, 6.07) is 12.0. The molecule has 0 saturated carbocycles. The van der Waals surface area contributed by atoms with Crippen LogP contribution in [0.2, 0.25) is 0 Å². The third-order valence-corrected chi connectivity index (χ3v) is 4.58. The van der Waals surface area contributed by atoms with Gasteiger partial charge < -0.3 is 14.2 Å². The number of ether oxygens (including phenoxy) is 3. The van der Waals surface area contributed by atoms with Crippen molar-refractivity contribution in [2.75, 3.05) is 19.8 Å². The summed E-state index contributed by atoms with van der Waals surface area (Å²) >= 11 is 0. The van der Waals surface area contributed by atoms with Gasteiger partial charge in [-0.3, -0.25) is 14.4 Å². The van der Waals surface area contributed by atoms with Crippen LogP contribution in [-0.2, 0) is 16.0 Å². The van der Waals surface area contributed by atoms with Gasteiger partial charge in [-0.1, -0.05) is 6.92 Å². The first-order chi connectivity index (χ1) is 14.1. The molecule has 1 heterocycles. The summed E-state index contributed by atoms with van der Waals surface area (Å²) in [6.07, 6.45) is 1.63. The maximum Gasteiger partial charge on any atom is 0.306 e. The van der Waals surface area contributed by atoms with E-state index >= 15 is 0 Å². The molecule has 0 unspecified atom stereocenters. The number of hydrogen-bond donors (Lipinski definition) is 0. The molecule has 1 aliphatic rings. The summed E-state index contributed by atoms with van der Waals surface area (Å²) < 4.78 is 15.9. The van der Waals surface area contributed by atoms with Gasteiger partial charge in [0.2, 0.25) is 0 Å². The highest BCUT2D eigenvalue weighted by atomic mass is 16.5. The van der Waals surface area contributed by atoms with Crippen molar-refractivity contribution in [2.24, 2.45) is 0 Å². The van der Waals surface area contributed by atoms with E-state index in [1.807, 2.05) is 6.92 Å². The quantitative estimate of drug-likeness (QED) is 0.449.